The summed E-state index contributed by atoms with van der Waals surface area (Å²) >= 11 is 0. The van der Waals surface area contributed by atoms with Crippen LogP contribution in [0.5, 0.6) is 0 Å². The molecule has 0 bridgehead atoms. The van der Waals surface area contributed by atoms with Crippen molar-refractivity contribution in [1.29, 1.82) is 0 Å². The average Bonchev–Trinajstić information content (AvgIpc) is 2.04. The molecule has 0 radical (unpaired) electrons. The van der Waals surface area contributed by atoms with Crippen LogP contribution in [0.3, 0.4) is 0 Å². The van der Waals surface area contributed by atoms with Crippen LogP contribution in [0.25, 0.3) is 0 Å². The summed E-state index contributed by atoms with van der Waals surface area (Å²) in [6.07, 6.45) is 5.50. The van der Waals surface area contributed by atoms with Crippen LogP contribution >= 0.6 is 0 Å². The van der Waals surface area contributed by atoms with Crippen LogP contribution in [0.15, 0.2) is 0 Å². The summed E-state index contributed by atoms with van der Waals surface area (Å²) in [6.45, 7) is 0. The Morgan fingerprint density at radius 3 is 2.23 bits per heavy atom. The quantitative estimate of drug-likeness (QED) is 0.682. The molecule has 78 valence electrons. The molecule has 0 saturated heterocycles. The summed E-state index contributed by atoms with van der Waals surface area (Å²) < 4.78 is 29.6. The fourth-order valence-corrected chi connectivity index (χ4v) is 2.34. The second kappa shape index (κ2) is 4.39. The Bertz CT molecular complexity index is 241. The zero-order valence-electron chi connectivity index (χ0n) is 7.52. The average molecular weight is 208 g/mol. The summed E-state index contributed by atoms with van der Waals surface area (Å²) in [5.74, 6) is 0.255. The minimum absolute atomic E-state index is 0.179. The first-order chi connectivity index (χ1) is 6.00. The monoisotopic (exact) mass is 208 g/mol. The van der Waals surface area contributed by atoms with E-state index in [-0.39, 0.29) is 12.3 Å². The van der Waals surface area contributed by atoms with Gasteiger partial charge in [-0.1, -0.05) is 32.1 Å². The molecule has 0 amide bonds. The summed E-state index contributed by atoms with van der Waals surface area (Å²) in [4.78, 5) is 0. The highest BCUT2D eigenvalue weighted by molar-refractivity contribution is 7.86. The third kappa shape index (κ3) is 3.62. The summed E-state index contributed by atoms with van der Waals surface area (Å²) in [5, 5.41) is 9.10. The fraction of sp³-hybridized carbons (Fsp3) is 1.00. The van der Waals surface area contributed by atoms with Gasteiger partial charge in [0.05, 0.1) is 0 Å². The van der Waals surface area contributed by atoms with Crippen molar-refractivity contribution in [2.75, 3.05) is 0 Å². The predicted molar refractivity (Wildman–Crippen MR) is 48.7 cm³/mol. The molecule has 0 aliphatic heterocycles. The minimum atomic E-state index is -4.25. The molecule has 0 spiro atoms. The Morgan fingerprint density at radius 2 is 1.77 bits per heavy atom. The first kappa shape index (κ1) is 10.9. The number of hydrogen-bond acceptors (Lipinski definition) is 3. The molecule has 1 saturated carbocycles. The molecule has 13 heavy (non-hydrogen) atoms. The lowest BCUT2D eigenvalue weighted by Crippen LogP contribution is -2.24. The van der Waals surface area contributed by atoms with Crippen molar-refractivity contribution in [3.63, 3.8) is 0 Å². The molecule has 1 atom stereocenters. The first-order valence-electron chi connectivity index (χ1n) is 4.64. The number of aliphatic hydroxyl groups is 1. The smallest absolute Gasteiger partial charge is 0.291 e. The first-order valence-corrected chi connectivity index (χ1v) is 6.15. The van der Waals surface area contributed by atoms with Gasteiger partial charge < -0.3 is 5.11 Å². The largest absolute Gasteiger partial charge is 0.375 e. The van der Waals surface area contributed by atoms with Crippen molar-refractivity contribution >= 4 is 10.1 Å². The van der Waals surface area contributed by atoms with E-state index in [0.717, 1.165) is 25.7 Å². The van der Waals surface area contributed by atoms with Crippen LogP contribution in [0, 0.1) is 5.92 Å². The van der Waals surface area contributed by atoms with Gasteiger partial charge >= 0.3 is 0 Å². The summed E-state index contributed by atoms with van der Waals surface area (Å²) in [5.41, 5.74) is -1.59. The van der Waals surface area contributed by atoms with Gasteiger partial charge in [-0.3, -0.25) is 4.55 Å². The highest BCUT2D eigenvalue weighted by Crippen LogP contribution is 2.28. The molecular formula is C8H16O4S. The van der Waals surface area contributed by atoms with E-state index >= 15 is 0 Å². The van der Waals surface area contributed by atoms with Crippen LogP contribution in [0.2, 0.25) is 0 Å². The molecule has 2 N–H and O–H groups in total. The molecule has 0 aromatic carbocycles. The van der Waals surface area contributed by atoms with Crippen LogP contribution in [0.4, 0.5) is 0 Å². The third-order valence-electron chi connectivity index (χ3n) is 2.60. The van der Waals surface area contributed by atoms with E-state index in [9.17, 15) is 8.42 Å². The maximum atomic E-state index is 10.5. The van der Waals surface area contributed by atoms with Crippen LogP contribution < -0.4 is 0 Å². The van der Waals surface area contributed by atoms with E-state index in [2.05, 4.69) is 0 Å². The number of hydrogen-bond donors (Lipinski definition) is 2. The van der Waals surface area contributed by atoms with Crippen molar-refractivity contribution in [2.45, 2.75) is 44.0 Å². The molecule has 1 rings (SSSR count). The molecular weight excluding hydrogens is 192 g/mol. The molecule has 1 aliphatic carbocycles. The Morgan fingerprint density at radius 1 is 1.23 bits per heavy atom. The van der Waals surface area contributed by atoms with Gasteiger partial charge in [0.25, 0.3) is 10.1 Å². The van der Waals surface area contributed by atoms with Gasteiger partial charge in [0.1, 0.15) is 0 Å². The maximum absolute atomic E-state index is 10.5. The van der Waals surface area contributed by atoms with Gasteiger partial charge in [-0.2, -0.15) is 8.42 Å². The van der Waals surface area contributed by atoms with Gasteiger partial charge in [-0.05, 0) is 12.3 Å². The van der Waals surface area contributed by atoms with Crippen molar-refractivity contribution in [2.24, 2.45) is 5.92 Å². The summed E-state index contributed by atoms with van der Waals surface area (Å²) in [6, 6.07) is 0. The topological polar surface area (TPSA) is 74.6 Å². The highest BCUT2D eigenvalue weighted by Gasteiger charge is 2.24. The van der Waals surface area contributed by atoms with E-state index in [1.807, 2.05) is 0 Å². The molecule has 1 unspecified atom stereocenters. The second-order valence-electron chi connectivity index (χ2n) is 3.71. The van der Waals surface area contributed by atoms with Crippen molar-refractivity contribution in [1.82, 2.24) is 0 Å². The molecule has 5 heteroatoms. The van der Waals surface area contributed by atoms with Gasteiger partial charge in [0.2, 0.25) is 0 Å². The molecule has 0 aromatic rings. The lowest BCUT2D eigenvalue weighted by molar-refractivity contribution is 0.182. The van der Waals surface area contributed by atoms with Crippen LogP contribution in [0.1, 0.15) is 38.5 Å². The van der Waals surface area contributed by atoms with Crippen LogP contribution in [-0.4, -0.2) is 23.5 Å². The molecule has 1 aliphatic rings. The Labute approximate surface area is 78.7 Å². The predicted octanol–water partition coefficient (Wildman–Crippen LogP) is 1.16. The molecule has 4 nitrogen and oxygen atoms in total. The minimum Gasteiger partial charge on any atom is -0.375 e. The number of aliphatic hydroxyl groups excluding tert-OH is 1. The number of rotatable bonds is 3. The van der Waals surface area contributed by atoms with Gasteiger partial charge in [-0.25, -0.2) is 0 Å². The summed E-state index contributed by atoms with van der Waals surface area (Å²) in [7, 11) is -4.25. The lowest BCUT2D eigenvalue weighted by atomic mass is 9.87. The van der Waals surface area contributed by atoms with Gasteiger partial charge in [-0.15, -0.1) is 0 Å². The fourth-order valence-electron chi connectivity index (χ4n) is 1.83. The second-order valence-corrected chi connectivity index (χ2v) is 5.28. The lowest BCUT2D eigenvalue weighted by Gasteiger charge is -2.22. The van der Waals surface area contributed by atoms with Crippen LogP contribution in [-0.2, 0) is 10.1 Å². The maximum Gasteiger partial charge on any atom is 0.291 e. The Hall–Kier alpha value is -0.130. The van der Waals surface area contributed by atoms with Crippen molar-refractivity contribution in [3.8, 4) is 0 Å². The standard InChI is InChI=1S/C8H16O4S/c9-8(13(10,11)12)6-7-4-2-1-3-5-7/h7-9H,1-6H2,(H,10,11,12). The highest BCUT2D eigenvalue weighted by atomic mass is 32.2. The van der Waals surface area contributed by atoms with Crippen molar-refractivity contribution < 1.29 is 18.1 Å². The van der Waals surface area contributed by atoms with E-state index in [1.54, 1.807) is 0 Å². The molecule has 0 heterocycles. The molecule has 1 fully saturated rings. The van der Waals surface area contributed by atoms with Crippen molar-refractivity contribution in [3.05, 3.63) is 0 Å². The van der Waals surface area contributed by atoms with E-state index < -0.39 is 15.6 Å². The Kier molecular flexibility index (Phi) is 3.70. The normalized spacial score (nSPS) is 22.9. The van der Waals surface area contributed by atoms with E-state index in [1.165, 1.54) is 6.42 Å². The van der Waals surface area contributed by atoms with Gasteiger partial charge in [0.15, 0.2) is 5.44 Å². The Balaban J connectivity index is 2.39. The zero-order valence-corrected chi connectivity index (χ0v) is 8.33. The third-order valence-corrected chi connectivity index (χ3v) is 3.48. The van der Waals surface area contributed by atoms with E-state index in [4.69, 9.17) is 9.66 Å². The molecule has 0 aromatic heterocycles. The van der Waals surface area contributed by atoms with E-state index in [0.29, 0.717) is 0 Å². The van der Waals surface area contributed by atoms with Gasteiger partial charge in [0, 0.05) is 0 Å². The SMILES string of the molecule is O=S(=O)(O)C(O)CC1CCCCC1. The zero-order chi connectivity index (χ0) is 9.90.